The SMILES string of the molecule is CC(C)(CSc1ccc(C(F)(F)F)cc1)C(=O)Nc1nc(C(C)(C)C)cs1. The molecule has 0 aliphatic carbocycles. The summed E-state index contributed by atoms with van der Waals surface area (Å²) in [6.45, 7) is 9.77. The molecule has 0 saturated carbocycles. The lowest BCUT2D eigenvalue weighted by atomic mass is 9.93. The number of alkyl halides is 3. The van der Waals surface area contributed by atoms with E-state index in [9.17, 15) is 18.0 Å². The summed E-state index contributed by atoms with van der Waals surface area (Å²) in [5.74, 6) is 0.263. The van der Waals surface area contributed by atoms with Crippen LogP contribution in [0.25, 0.3) is 0 Å². The van der Waals surface area contributed by atoms with E-state index in [1.165, 1.54) is 35.2 Å². The average molecular weight is 417 g/mol. The first-order valence-electron chi connectivity index (χ1n) is 8.36. The summed E-state index contributed by atoms with van der Waals surface area (Å²) in [4.78, 5) is 17.7. The first kappa shape index (κ1) is 21.8. The zero-order chi connectivity index (χ0) is 20.5. The highest BCUT2D eigenvalue weighted by Gasteiger charge is 2.31. The maximum absolute atomic E-state index is 12.6. The smallest absolute Gasteiger partial charge is 0.301 e. The third-order valence-corrected chi connectivity index (χ3v) is 6.12. The number of nitrogens with zero attached hydrogens (tertiary/aromatic N) is 1. The van der Waals surface area contributed by atoms with Crippen LogP contribution in [0.3, 0.4) is 0 Å². The predicted molar refractivity (Wildman–Crippen MR) is 105 cm³/mol. The molecular formula is C19H23F3N2OS2. The standard InChI is InChI=1S/C19H23F3N2OS2/c1-17(2,3)14-10-26-16(23-14)24-15(25)18(4,5)11-27-13-8-6-12(7-9-13)19(20,21)22/h6-10H,11H2,1-5H3,(H,23,24,25). The van der Waals surface area contributed by atoms with Gasteiger partial charge in [-0.1, -0.05) is 34.6 Å². The molecule has 27 heavy (non-hydrogen) atoms. The molecule has 3 nitrogen and oxygen atoms in total. The van der Waals surface area contributed by atoms with Gasteiger partial charge in [-0.05, 0) is 24.3 Å². The predicted octanol–water partition coefficient (Wildman–Crippen LogP) is 6.22. The second-order valence-corrected chi connectivity index (χ2v) is 9.84. The molecule has 1 aromatic heterocycles. The van der Waals surface area contributed by atoms with Crippen LogP contribution in [0.2, 0.25) is 0 Å². The third-order valence-electron chi connectivity index (χ3n) is 3.89. The van der Waals surface area contributed by atoms with Gasteiger partial charge in [-0.15, -0.1) is 23.1 Å². The van der Waals surface area contributed by atoms with Crippen molar-refractivity contribution >= 4 is 34.1 Å². The molecule has 8 heteroatoms. The van der Waals surface area contributed by atoms with E-state index in [-0.39, 0.29) is 11.3 Å². The summed E-state index contributed by atoms with van der Waals surface area (Å²) in [6.07, 6.45) is -4.35. The molecule has 2 rings (SSSR count). The highest BCUT2D eigenvalue weighted by molar-refractivity contribution is 7.99. The van der Waals surface area contributed by atoms with Crippen molar-refractivity contribution in [2.24, 2.45) is 5.41 Å². The van der Waals surface area contributed by atoms with Gasteiger partial charge in [-0.3, -0.25) is 4.79 Å². The minimum absolute atomic E-state index is 0.0899. The molecule has 0 atom stereocenters. The van der Waals surface area contributed by atoms with Crippen molar-refractivity contribution in [3.63, 3.8) is 0 Å². The first-order valence-corrected chi connectivity index (χ1v) is 10.2. The van der Waals surface area contributed by atoms with Crippen LogP contribution in [0.5, 0.6) is 0 Å². The molecular weight excluding hydrogens is 393 g/mol. The molecule has 0 spiro atoms. The van der Waals surface area contributed by atoms with E-state index in [2.05, 4.69) is 31.1 Å². The van der Waals surface area contributed by atoms with Crippen molar-refractivity contribution < 1.29 is 18.0 Å². The van der Waals surface area contributed by atoms with Crippen molar-refractivity contribution in [2.45, 2.75) is 51.1 Å². The molecule has 0 bridgehead atoms. The molecule has 2 aromatic rings. The number of thioether (sulfide) groups is 1. The zero-order valence-electron chi connectivity index (χ0n) is 15.9. The van der Waals surface area contributed by atoms with Gasteiger partial charge in [0.05, 0.1) is 16.7 Å². The molecule has 1 aromatic carbocycles. The van der Waals surface area contributed by atoms with Gasteiger partial charge in [-0.25, -0.2) is 4.98 Å². The Morgan fingerprint density at radius 1 is 1.11 bits per heavy atom. The number of nitrogens with one attached hydrogen (secondary N) is 1. The lowest BCUT2D eigenvalue weighted by molar-refractivity contribution is -0.137. The van der Waals surface area contributed by atoms with Crippen molar-refractivity contribution in [3.8, 4) is 0 Å². The number of benzene rings is 1. The average Bonchev–Trinajstić information content (AvgIpc) is 3.01. The quantitative estimate of drug-likeness (QED) is 0.589. The number of halogens is 3. The van der Waals surface area contributed by atoms with Crippen molar-refractivity contribution in [1.29, 1.82) is 0 Å². The third kappa shape index (κ3) is 5.97. The van der Waals surface area contributed by atoms with E-state index in [1.54, 1.807) is 13.8 Å². The maximum Gasteiger partial charge on any atom is 0.416 e. The monoisotopic (exact) mass is 416 g/mol. The van der Waals surface area contributed by atoms with Crippen LogP contribution in [0, 0.1) is 5.41 Å². The van der Waals surface area contributed by atoms with Crippen LogP contribution < -0.4 is 5.32 Å². The van der Waals surface area contributed by atoms with E-state index in [0.29, 0.717) is 15.8 Å². The lowest BCUT2D eigenvalue weighted by Crippen LogP contribution is -2.33. The first-order chi connectivity index (χ1) is 12.3. The van der Waals surface area contributed by atoms with Crippen LogP contribution in [0.1, 0.15) is 45.9 Å². The van der Waals surface area contributed by atoms with E-state index < -0.39 is 17.2 Å². The van der Waals surface area contributed by atoms with Crippen LogP contribution >= 0.6 is 23.1 Å². The van der Waals surface area contributed by atoms with E-state index in [1.807, 2.05) is 5.38 Å². The minimum atomic E-state index is -4.35. The summed E-state index contributed by atoms with van der Waals surface area (Å²) < 4.78 is 37.9. The van der Waals surface area contributed by atoms with E-state index in [0.717, 1.165) is 17.8 Å². The number of aromatic nitrogens is 1. The molecule has 0 radical (unpaired) electrons. The normalized spacial score (nSPS) is 12.9. The molecule has 0 fully saturated rings. The summed E-state index contributed by atoms with van der Waals surface area (Å²) in [6, 6.07) is 4.97. The molecule has 1 amide bonds. The minimum Gasteiger partial charge on any atom is -0.301 e. The largest absolute Gasteiger partial charge is 0.416 e. The number of hydrogen-bond acceptors (Lipinski definition) is 4. The number of carbonyl (C=O) groups excluding carboxylic acids is 1. The van der Waals surface area contributed by atoms with Crippen molar-refractivity contribution in [1.82, 2.24) is 4.98 Å². The zero-order valence-corrected chi connectivity index (χ0v) is 17.5. The summed E-state index contributed by atoms with van der Waals surface area (Å²) >= 11 is 2.73. The summed E-state index contributed by atoms with van der Waals surface area (Å²) in [7, 11) is 0. The van der Waals surface area contributed by atoms with Gasteiger partial charge < -0.3 is 5.32 Å². The summed E-state index contributed by atoms with van der Waals surface area (Å²) in [5, 5.41) is 5.33. The molecule has 0 unspecified atom stereocenters. The number of anilines is 1. The number of thiazole rings is 1. The number of rotatable bonds is 5. The van der Waals surface area contributed by atoms with Crippen molar-refractivity contribution in [2.75, 3.05) is 11.1 Å². The van der Waals surface area contributed by atoms with Gasteiger partial charge in [0.2, 0.25) is 5.91 Å². The van der Waals surface area contributed by atoms with Crippen molar-refractivity contribution in [3.05, 3.63) is 40.9 Å². The van der Waals surface area contributed by atoms with Gasteiger partial charge >= 0.3 is 6.18 Å². The highest BCUT2D eigenvalue weighted by Crippen LogP contribution is 2.33. The molecule has 0 aliphatic heterocycles. The Hall–Kier alpha value is -1.54. The molecule has 1 heterocycles. The Balaban J connectivity index is 1.97. The van der Waals surface area contributed by atoms with Crippen LogP contribution in [0.15, 0.2) is 34.5 Å². The Morgan fingerprint density at radius 3 is 2.19 bits per heavy atom. The van der Waals surface area contributed by atoms with Crippen LogP contribution in [-0.2, 0) is 16.4 Å². The van der Waals surface area contributed by atoms with Crippen LogP contribution in [-0.4, -0.2) is 16.6 Å². The fourth-order valence-corrected chi connectivity index (χ4v) is 3.93. The topological polar surface area (TPSA) is 42.0 Å². The summed E-state index contributed by atoms with van der Waals surface area (Å²) in [5.41, 5.74) is -0.559. The van der Waals surface area contributed by atoms with Gasteiger partial charge in [0, 0.05) is 21.4 Å². The fraction of sp³-hybridized carbons (Fsp3) is 0.474. The Kier molecular flexibility index (Phi) is 6.31. The van der Waals surface area contributed by atoms with Crippen LogP contribution in [0.4, 0.5) is 18.3 Å². The van der Waals surface area contributed by atoms with Gasteiger partial charge in [-0.2, -0.15) is 13.2 Å². The highest BCUT2D eigenvalue weighted by atomic mass is 32.2. The fourth-order valence-electron chi connectivity index (χ4n) is 2.01. The van der Waals surface area contributed by atoms with E-state index in [4.69, 9.17) is 0 Å². The van der Waals surface area contributed by atoms with Gasteiger partial charge in [0.15, 0.2) is 5.13 Å². The Bertz CT molecular complexity index is 791. The second-order valence-electron chi connectivity index (χ2n) is 7.94. The molecule has 148 valence electrons. The number of hydrogen-bond donors (Lipinski definition) is 1. The molecule has 0 saturated heterocycles. The number of carbonyl (C=O) groups is 1. The Morgan fingerprint density at radius 2 is 1.70 bits per heavy atom. The second kappa shape index (κ2) is 7.83. The van der Waals surface area contributed by atoms with E-state index >= 15 is 0 Å². The van der Waals surface area contributed by atoms with Gasteiger partial charge in [0.25, 0.3) is 0 Å². The van der Waals surface area contributed by atoms with Gasteiger partial charge in [0.1, 0.15) is 0 Å². The lowest BCUT2D eigenvalue weighted by Gasteiger charge is -2.22. The Labute approximate surface area is 165 Å². The number of amides is 1. The molecule has 1 N–H and O–H groups in total. The maximum atomic E-state index is 12.6. The molecule has 0 aliphatic rings.